The number of aryl methyl sites for hydroxylation is 1. The van der Waals surface area contributed by atoms with E-state index in [4.69, 9.17) is 0 Å². The predicted molar refractivity (Wildman–Crippen MR) is 81.8 cm³/mol. The Balaban J connectivity index is 3.06. The van der Waals surface area contributed by atoms with Crippen LogP contribution in [0.2, 0.25) is 0 Å². The molecule has 0 fully saturated rings. The van der Waals surface area contributed by atoms with Gasteiger partial charge in [-0.15, -0.1) is 0 Å². The van der Waals surface area contributed by atoms with Crippen molar-refractivity contribution in [3.8, 4) is 0 Å². The van der Waals surface area contributed by atoms with E-state index in [0.717, 1.165) is 9.87 Å². The van der Waals surface area contributed by atoms with E-state index in [2.05, 4.69) is 12.8 Å². The molecule has 1 N–H and O–H groups in total. The van der Waals surface area contributed by atoms with Gasteiger partial charge in [0.1, 0.15) is 5.54 Å². The number of amides is 1. The minimum atomic E-state index is -1.33. The molecule has 0 saturated carbocycles. The van der Waals surface area contributed by atoms with E-state index in [0.29, 0.717) is 12.0 Å². The van der Waals surface area contributed by atoms with Gasteiger partial charge in [-0.2, -0.15) is 0 Å². The van der Waals surface area contributed by atoms with Crippen molar-refractivity contribution >= 4 is 24.7 Å². The highest BCUT2D eigenvalue weighted by atomic mass is 32.1. The number of carbonyl (C=O) groups excluding carboxylic acids is 1. The number of thiol groups is 1. The van der Waals surface area contributed by atoms with Crippen LogP contribution in [0.5, 0.6) is 0 Å². The summed E-state index contributed by atoms with van der Waals surface area (Å²) in [6.07, 6.45) is 0.337. The van der Waals surface area contributed by atoms with Crippen LogP contribution in [0.3, 0.4) is 0 Å². The maximum absolute atomic E-state index is 12.4. The van der Waals surface area contributed by atoms with E-state index in [1.54, 1.807) is 12.1 Å². The number of nitrogens with zero attached hydrogens (tertiary/aromatic N) is 1. The normalized spacial score (nSPS) is 13.9. The van der Waals surface area contributed by atoms with Crippen LogP contribution in [-0.2, 0) is 4.79 Å². The Labute approximate surface area is 125 Å². The van der Waals surface area contributed by atoms with E-state index in [1.807, 2.05) is 32.9 Å². The van der Waals surface area contributed by atoms with Gasteiger partial charge >= 0.3 is 5.97 Å². The van der Waals surface area contributed by atoms with Crippen LogP contribution < -0.4 is 0 Å². The molecule has 1 unspecified atom stereocenters. The van der Waals surface area contributed by atoms with Crippen LogP contribution >= 0.6 is 12.8 Å². The van der Waals surface area contributed by atoms with Crippen molar-refractivity contribution < 1.29 is 14.7 Å². The Hall–Kier alpha value is -1.49. The first-order valence-electron chi connectivity index (χ1n) is 6.52. The van der Waals surface area contributed by atoms with E-state index < -0.39 is 17.4 Å². The SMILES string of the molecule is Cc1ccc(C(=O)N(S)C(C)(CC(C)C)C(=O)O)cc1. The molecule has 0 heterocycles. The Morgan fingerprint density at radius 3 is 2.20 bits per heavy atom. The predicted octanol–water partition coefficient (Wildman–Crippen LogP) is 3.17. The first kappa shape index (κ1) is 16.6. The minimum absolute atomic E-state index is 0.136. The maximum atomic E-state index is 12.4. The number of aliphatic carboxylic acids is 1. The summed E-state index contributed by atoms with van der Waals surface area (Å²) in [6, 6.07) is 6.99. The molecule has 1 aromatic rings. The third kappa shape index (κ3) is 3.54. The molecule has 5 heteroatoms. The fourth-order valence-corrected chi connectivity index (χ4v) is 2.38. The zero-order valence-corrected chi connectivity index (χ0v) is 13.1. The van der Waals surface area contributed by atoms with Crippen molar-refractivity contribution in [1.29, 1.82) is 0 Å². The molecule has 1 aromatic carbocycles. The van der Waals surface area contributed by atoms with Crippen LogP contribution in [0.25, 0.3) is 0 Å². The molecule has 0 spiro atoms. The topological polar surface area (TPSA) is 57.6 Å². The number of rotatable bonds is 5. The van der Waals surface area contributed by atoms with Gasteiger partial charge in [0.05, 0.1) is 0 Å². The Morgan fingerprint density at radius 2 is 1.80 bits per heavy atom. The molecule has 0 aliphatic heterocycles. The molecule has 1 atom stereocenters. The third-order valence-electron chi connectivity index (χ3n) is 3.22. The summed E-state index contributed by atoms with van der Waals surface area (Å²) in [5.41, 5.74) is 0.136. The molecule has 0 bridgehead atoms. The van der Waals surface area contributed by atoms with E-state index in [-0.39, 0.29) is 5.92 Å². The maximum Gasteiger partial charge on any atom is 0.330 e. The number of carbonyl (C=O) groups is 2. The van der Waals surface area contributed by atoms with Crippen molar-refractivity contribution in [1.82, 2.24) is 4.31 Å². The number of hydrogen-bond acceptors (Lipinski definition) is 3. The smallest absolute Gasteiger partial charge is 0.330 e. The summed E-state index contributed by atoms with van der Waals surface area (Å²) in [6.45, 7) is 7.28. The number of hydrogen-bond donors (Lipinski definition) is 2. The van der Waals surface area contributed by atoms with Crippen LogP contribution in [0.4, 0.5) is 0 Å². The van der Waals surface area contributed by atoms with Gasteiger partial charge < -0.3 is 5.11 Å². The second kappa shape index (κ2) is 6.31. The van der Waals surface area contributed by atoms with Gasteiger partial charge in [-0.3, -0.25) is 9.10 Å². The second-order valence-electron chi connectivity index (χ2n) is 5.66. The zero-order valence-electron chi connectivity index (χ0n) is 12.3. The lowest BCUT2D eigenvalue weighted by Crippen LogP contribution is -2.51. The van der Waals surface area contributed by atoms with Gasteiger partial charge in [-0.1, -0.05) is 44.4 Å². The second-order valence-corrected chi connectivity index (χ2v) is 6.06. The summed E-state index contributed by atoms with van der Waals surface area (Å²) in [5.74, 6) is -1.32. The molecule has 1 rings (SSSR count). The van der Waals surface area contributed by atoms with Gasteiger partial charge in [0.15, 0.2) is 0 Å². The highest BCUT2D eigenvalue weighted by molar-refractivity contribution is 7.78. The molecule has 0 aliphatic rings. The van der Waals surface area contributed by atoms with Gasteiger partial charge in [-0.25, -0.2) is 4.79 Å². The molecule has 1 amide bonds. The van der Waals surface area contributed by atoms with E-state index in [1.165, 1.54) is 6.92 Å². The summed E-state index contributed by atoms with van der Waals surface area (Å²) >= 11 is 4.16. The fraction of sp³-hybridized carbons (Fsp3) is 0.467. The Kier molecular flexibility index (Phi) is 5.22. The van der Waals surface area contributed by atoms with Gasteiger partial charge in [0.2, 0.25) is 0 Å². The first-order valence-corrected chi connectivity index (χ1v) is 6.92. The Bertz CT molecular complexity index is 498. The zero-order chi connectivity index (χ0) is 15.5. The largest absolute Gasteiger partial charge is 0.479 e. The number of benzene rings is 1. The summed E-state index contributed by atoms with van der Waals surface area (Å²) < 4.78 is 1.03. The molecular weight excluding hydrogens is 274 g/mol. The average molecular weight is 295 g/mol. The average Bonchev–Trinajstić information content (AvgIpc) is 2.36. The number of carboxylic acids is 1. The first-order chi connectivity index (χ1) is 9.18. The van der Waals surface area contributed by atoms with Crippen LogP contribution in [0, 0.1) is 12.8 Å². The van der Waals surface area contributed by atoms with Crippen molar-refractivity contribution in [2.75, 3.05) is 0 Å². The molecular formula is C15H21NO3S. The Morgan fingerprint density at radius 1 is 1.30 bits per heavy atom. The molecule has 0 aromatic heterocycles. The van der Waals surface area contributed by atoms with Crippen molar-refractivity contribution in [2.24, 2.45) is 5.92 Å². The molecule has 0 saturated heterocycles. The summed E-state index contributed by atoms with van der Waals surface area (Å²) in [4.78, 5) is 23.9. The molecule has 0 aliphatic carbocycles. The van der Waals surface area contributed by atoms with Crippen LogP contribution in [-0.4, -0.2) is 26.8 Å². The number of carboxylic acid groups (broad SMARTS) is 1. The molecule has 4 nitrogen and oxygen atoms in total. The monoisotopic (exact) mass is 295 g/mol. The lowest BCUT2D eigenvalue weighted by molar-refractivity contribution is -0.147. The van der Waals surface area contributed by atoms with Gasteiger partial charge in [0.25, 0.3) is 5.91 Å². The van der Waals surface area contributed by atoms with Crippen LogP contribution in [0.15, 0.2) is 24.3 Å². The van der Waals surface area contributed by atoms with Crippen LogP contribution in [0.1, 0.15) is 43.1 Å². The van der Waals surface area contributed by atoms with Crippen molar-refractivity contribution in [3.05, 3.63) is 35.4 Å². The van der Waals surface area contributed by atoms with Gasteiger partial charge in [-0.05, 0) is 38.3 Å². The molecule has 0 radical (unpaired) electrons. The highest BCUT2D eigenvalue weighted by Gasteiger charge is 2.41. The summed E-state index contributed by atoms with van der Waals surface area (Å²) in [5, 5.41) is 9.45. The lowest BCUT2D eigenvalue weighted by Gasteiger charge is -2.35. The van der Waals surface area contributed by atoms with Crippen molar-refractivity contribution in [2.45, 2.75) is 39.7 Å². The van der Waals surface area contributed by atoms with E-state index >= 15 is 0 Å². The fourth-order valence-electron chi connectivity index (χ4n) is 2.10. The summed E-state index contributed by atoms with van der Waals surface area (Å²) in [7, 11) is 0. The highest BCUT2D eigenvalue weighted by Crippen LogP contribution is 2.28. The molecule has 20 heavy (non-hydrogen) atoms. The van der Waals surface area contributed by atoms with Crippen molar-refractivity contribution in [3.63, 3.8) is 0 Å². The van der Waals surface area contributed by atoms with Gasteiger partial charge in [0, 0.05) is 5.56 Å². The quantitative estimate of drug-likeness (QED) is 0.820. The third-order valence-corrected chi connectivity index (χ3v) is 3.85. The molecule has 110 valence electrons. The minimum Gasteiger partial charge on any atom is -0.479 e. The standard InChI is InChI=1S/C15H21NO3S/c1-10(2)9-15(4,14(18)19)16(20)13(17)12-7-5-11(3)6-8-12/h5-8,10,20H,9H2,1-4H3,(H,18,19). The lowest BCUT2D eigenvalue weighted by atomic mass is 9.90. The van der Waals surface area contributed by atoms with E-state index in [9.17, 15) is 14.7 Å².